The molecular weight excluding hydrogens is 244 g/mol. The van der Waals surface area contributed by atoms with E-state index in [1.165, 1.54) is 0 Å². The fraction of sp³-hybridized carbons (Fsp3) is 0.545. The summed E-state index contributed by atoms with van der Waals surface area (Å²) in [7, 11) is 0. The van der Waals surface area contributed by atoms with Crippen LogP contribution in [0.25, 0.3) is 0 Å². The topological polar surface area (TPSA) is 26.3 Å². The molecule has 0 amide bonds. The van der Waals surface area contributed by atoms with Crippen molar-refractivity contribution in [3.63, 3.8) is 0 Å². The Morgan fingerprint density at radius 3 is 2.79 bits per heavy atom. The Hall–Kier alpha value is -0.570. The first-order chi connectivity index (χ1) is 6.50. The van der Waals surface area contributed by atoms with Crippen LogP contribution in [-0.4, -0.2) is 12.1 Å². The standard InChI is InChI=1S/C11H15BrO2/c1-7(2)14-11(13)10-5-4-9(12)6-8(10)3/h4,6-7,10H,5H2,1-3H3. The second-order valence-corrected chi connectivity index (χ2v) is 4.67. The summed E-state index contributed by atoms with van der Waals surface area (Å²) in [5.74, 6) is -0.219. The molecule has 78 valence electrons. The van der Waals surface area contributed by atoms with Crippen molar-refractivity contribution < 1.29 is 9.53 Å². The first-order valence-electron chi connectivity index (χ1n) is 4.75. The van der Waals surface area contributed by atoms with E-state index < -0.39 is 0 Å². The number of esters is 1. The van der Waals surface area contributed by atoms with Crippen LogP contribution in [0.2, 0.25) is 0 Å². The van der Waals surface area contributed by atoms with E-state index in [1.54, 1.807) is 0 Å². The van der Waals surface area contributed by atoms with E-state index in [1.807, 2.05) is 32.9 Å². The largest absolute Gasteiger partial charge is 0.463 e. The average Bonchev–Trinajstić information content (AvgIpc) is 2.01. The van der Waals surface area contributed by atoms with Gasteiger partial charge in [-0.05, 0) is 33.3 Å². The summed E-state index contributed by atoms with van der Waals surface area (Å²) in [6, 6.07) is 0. The highest BCUT2D eigenvalue weighted by Gasteiger charge is 2.23. The highest BCUT2D eigenvalue weighted by Crippen LogP contribution is 2.27. The van der Waals surface area contributed by atoms with E-state index in [-0.39, 0.29) is 18.0 Å². The number of halogens is 1. The fourth-order valence-electron chi connectivity index (χ4n) is 1.39. The molecule has 14 heavy (non-hydrogen) atoms. The van der Waals surface area contributed by atoms with Gasteiger partial charge in [0.25, 0.3) is 0 Å². The highest BCUT2D eigenvalue weighted by molar-refractivity contribution is 9.11. The molecule has 3 heteroatoms. The van der Waals surface area contributed by atoms with Crippen molar-refractivity contribution in [2.45, 2.75) is 33.3 Å². The SMILES string of the molecule is CC1=CC(Br)=CCC1C(=O)OC(C)C. The molecule has 0 saturated carbocycles. The van der Waals surface area contributed by atoms with E-state index in [4.69, 9.17) is 4.74 Å². The van der Waals surface area contributed by atoms with E-state index in [2.05, 4.69) is 15.9 Å². The monoisotopic (exact) mass is 258 g/mol. The first-order valence-corrected chi connectivity index (χ1v) is 5.54. The summed E-state index contributed by atoms with van der Waals surface area (Å²) in [5, 5.41) is 0. The zero-order valence-corrected chi connectivity index (χ0v) is 10.3. The van der Waals surface area contributed by atoms with Gasteiger partial charge in [0.15, 0.2) is 0 Å². The van der Waals surface area contributed by atoms with Gasteiger partial charge in [0.2, 0.25) is 0 Å². The second-order valence-electron chi connectivity index (χ2n) is 3.75. The van der Waals surface area contributed by atoms with Crippen molar-refractivity contribution in [1.82, 2.24) is 0 Å². The molecule has 0 bridgehead atoms. The molecule has 1 unspecified atom stereocenters. The van der Waals surface area contributed by atoms with Crippen LogP contribution in [0.15, 0.2) is 22.2 Å². The number of hydrogen-bond acceptors (Lipinski definition) is 2. The lowest BCUT2D eigenvalue weighted by molar-refractivity contribution is -0.150. The van der Waals surface area contributed by atoms with E-state index in [0.29, 0.717) is 0 Å². The third-order valence-electron chi connectivity index (χ3n) is 2.10. The van der Waals surface area contributed by atoms with Gasteiger partial charge in [-0.25, -0.2) is 0 Å². The predicted octanol–water partition coefficient (Wildman–Crippen LogP) is 3.18. The van der Waals surface area contributed by atoms with E-state index >= 15 is 0 Å². The van der Waals surface area contributed by atoms with Crippen LogP contribution in [0.3, 0.4) is 0 Å². The van der Waals surface area contributed by atoms with Crippen LogP contribution in [0, 0.1) is 5.92 Å². The van der Waals surface area contributed by atoms with Crippen molar-refractivity contribution in [2.75, 3.05) is 0 Å². The number of hydrogen-bond donors (Lipinski definition) is 0. The molecule has 1 atom stereocenters. The summed E-state index contributed by atoms with van der Waals surface area (Å²) in [6.45, 7) is 5.69. The minimum absolute atomic E-state index is 0.0374. The normalized spacial score (nSPS) is 21.6. The minimum Gasteiger partial charge on any atom is -0.463 e. The lowest BCUT2D eigenvalue weighted by atomic mass is 9.93. The first kappa shape index (κ1) is 11.5. The van der Waals surface area contributed by atoms with E-state index in [0.717, 1.165) is 16.5 Å². The van der Waals surface area contributed by atoms with Crippen LogP contribution in [0.4, 0.5) is 0 Å². The Kier molecular flexibility index (Phi) is 3.93. The van der Waals surface area contributed by atoms with Gasteiger partial charge in [0.05, 0.1) is 12.0 Å². The maximum atomic E-state index is 11.6. The lowest BCUT2D eigenvalue weighted by Crippen LogP contribution is -2.22. The summed E-state index contributed by atoms with van der Waals surface area (Å²) in [5.41, 5.74) is 1.06. The Bertz CT molecular complexity index is 290. The van der Waals surface area contributed by atoms with Crippen LogP contribution >= 0.6 is 15.9 Å². The van der Waals surface area contributed by atoms with Gasteiger partial charge in [-0.2, -0.15) is 0 Å². The fourth-order valence-corrected chi connectivity index (χ4v) is 1.94. The zero-order valence-electron chi connectivity index (χ0n) is 8.71. The third kappa shape index (κ3) is 2.98. The van der Waals surface area contributed by atoms with Crippen LogP contribution in [-0.2, 0) is 9.53 Å². The molecule has 0 heterocycles. The summed E-state index contributed by atoms with van der Waals surface area (Å²) in [4.78, 5) is 11.6. The van der Waals surface area contributed by atoms with Gasteiger partial charge in [-0.15, -0.1) is 0 Å². The smallest absolute Gasteiger partial charge is 0.313 e. The lowest BCUT2D eigenvalue weighted by Gasteiger charge is -2.19. The van der Waals surface area contributed by atoms with Gasteiger partial charge in [0.1, 0.15) is 0 Å². The highest BCUT2D eigenvalue weighted by atomic mass is 79.9. The Labute approximate surface area is 93.1 Å². The molecule has 0 aromatic heterocycles. The predicted molar refractivity (Wildman–Crippen MR) is 60.1 cm³/mol. The molecule has 0 aromatic carbocycles. The Morgan fingerprint density at radius 1 is 1.64 bits per heavy atom. The van der Waals surface area contributed by atoms with Crippen molar-refractivity contribution >= 4 is 21.9 Å². The molecule has 1 aliphatic carbocycles. The van der Waals surface area contributed by atoms with Crippen molar-refractivity contribution in [3.05, 3.63) is 22.2 Å². The molecular formula is C11H15BrO2. The molecule has 0 aromatic rings. The average molecular weight is 259 g/mol. The van der Waals surface area contributed by atoms with Gasteiger partial charge in [-0.1, -0.05) is 27.6 Å². The third-order valence-corrected chi connectivity index (χ3v) is 2.65. The molecule has 0 radical (unpaired) electrons. The van der Waals surface area contributed by atoms with E-state index in [9.17, 15) is 4.79 Å². The number of allylic oxidation sites excluding steroid dienone is 3. The van der Waals surface area contributed by atoms with Crippen LogP contribution < -0.4 is 0 Å². The van der Waals surface area contributed by atoms with Crippen molar-refractivity contribution in [3.8, 4) is 0 Å². The maximum absolute atomic E-state index is 11.6. The van der Waals surface area contributed by atoms with Crippen LogP contribution in [0.1, 0.15) is 27.2 Å². The number of carbonyl (C=O) groups excluding carboxylic acids is 1. The number of ether oxygens (including phenoxy) is 1. The summed E-state index contributed by atoms with van der Waals surface area (Å²) >= 11 is 3.39. The molecule has 1 rings (SSSR count). The van der Waals surface area contributed by atoms with Gasteiger partial charge in [-0.3, -0.25) is 4.79 Å². The molecule has 0 spiro atoms. The zero-order chi connectivity index (χ0) is 10.7. The Balaban J connectivity index is 2.64. The van der Waals surface area contributed by atoms with Gasteiger partial charge in [0, 0.05) is 4.48 Å². The number of carbonyl (C=O) groups is 1. The summed E-state index contributed by atoms with van der Waals surface area (Å²) < 4.78 is 6.22. The Morgan fingerprint density at radius 2 is 2.29 bits per heavy atom. The quantitative estimate of drug-likeness (QED) is 0.712. The molecule has 0 fully saturated rings. The molecule has 0 aliphatic heterocycles. The molecule has 2 nitrogen and oxygen atoms in total. The summed E-state index contributed by atoms with van der Waals surface area (Å²) in [6.07, 6.45) is 4.66. The van der Waals surface area contributed by atoms with Crippen molar-refractivity contribution in [2.24, 2.45) is 5.92 Å². The molecule has 1 aliphatic rings. The molecule has 0 N–H and O–H groups in total. The van der Waals surface area contributed by atoms with Crippen molar-refractivity contribution in [1.29, 1.82) is 0 Å². The number of rotatable bonds is 2. The maximum Gasteiger partial charge on any atom is 0.313 e. The molecule has 0 saturated heterocycles. The second kappa shape index (κ2) is 4.78. The minimum atomic E-state index is -0.120. The van der Waals surface area contributed by atoms with Crippen LogP contribution in [0.5, 0.6) is 0 Å². The van der Waals surface area contributed by atoms with Gasteiger partial charge < -0.3 is 4.74 Å². The van der Waals surface area contributed by atoms with Gasteiger partial charge >= 0.3 is 5.97 Å².